The van der Waals surface area contributed by atoms with Crippen LogP contribution in [0.3, 0.4) is 0 Å². The molecule has 2 nitrogen and oxygen atoms in total. The molecule has 0 saturated heterocycles. The fourth-order valence-electron chi connectivity index (χ4n) is 1.48. The first-order chi connectivity index (χ1) is 8.21. The summed E-state index contributed by atoms with van der Waals surface area (Å²) in [5, 5.41) is 0. The molecule has 1 amide bonds. The van der Waals surface area contributed by atoms with Crippen molar-refractivity contribution in [3.63, 3.8) is 0 Å². The quantitative estimate of drug-likeness (QED) is 0.768. The van der Waals surface area contributed by atoms with E-state index in [0.29, 0.717) is 16.0 Å². The number of nitrogens with zero attached hydrogens (tertiary/aromatic N) is 1. The van der Waals surface area contributed by atoms with Crippen molar-refractivity contribution in [2.45, 2.75) is 19.5 Å². The molecule has 0 N–H and O–H groups in total. The van der Waals surface area contributed by atoms with Crippen LogP contribution < -0.4 is 0 Å². The van der Waals surface area contributed by atoms with Gasteiger partial charge in [0, 0.05) is 13.6 Å². The molecule has 0 spiro atoms. The molecule has 0 heterocycles. The minimum Gasteiger partial charge on any atom is -0.338 e. The molecule has 1 aromatic rings. The van der Waals surface area contributed by atoms with Crippen molar-refractivity contribution in [1.29, 1.82) is 0 Å². The molecule has 6 heteroatoms. The summed E-state index contributed by atoms with van der Waals surface area (Å²) in [4.78, 5) is 11.5. The van der Waals surface area contributed by atoms with Crippen molar-refractivity contribution < 1.29 is 22.4 Å². The van der Waals surface area contributed by atoms with Crippen LogP contribution in [0.1, 0.15) is 11.1 Å². The number of alkyl halides is 3. The Morgan fingerprint density at radius 2 is 1.94 bits per heavy atom. The molecule has 0 atom stereocenters. The topological polar surface area (TPSA) is 20.3 Å². The van der Waals surface area contributed by atoms with Gasteiger partial charge in [0.1, 0.15) is 5.82 Å². The summed E-state index contributed by atoms with van der Waals surface area (Å²) < 4.78 is 49.3. The van der Waals surface area contributed by atoms with E-state index >= 15 is 0 Å². The first-order valence-corrected chi connectivity index (χ1v) is 5.29. The van der Waals surface area contributed by atoms with Gasteiger partial charge in [-0.2, -0.15) is 13.2 Å². The lowest BCUT2D eigenvalue weighted by Gasteiger charge is -2.18. The average Bonchev–Trinajstić information content (AvgIpc) is 2.28. The van der Waals surface area contributed by atoms with Crippen LogP contribution in [0.4, 0.5) is 17.6 Å². The number of halogens is 4. The van der Waals surface area contributed by atoms with Crippen LogP contribution in [0.5, 0.6) is 0 Å². The zero-order chi connectivity index (χ0) is 13.9. The first-order valence-electron chi connectivity index (χ1n) is 5.29. The molecule has 1 aromatic carbocycles. The molecule has 18 heavy (non-hydrogen) atoms. The SMILES string of the molecule is Cc1cc(CCN(C)C(=O)C(F)(F)F)ccc1F. The van der Waals surface area contributed by atoms with E-state index in [1.807, 2.05) is 0 Å². The van der Waals surface area contributed by atoms with E-state index in [1.54, 1.807) is 13.0 Å². The summed E-state index contributed by atoms with van der Waals surface area (Å²) in [5.41, 5.74) is 1.12. The maximum absolute atomic E-state index is 13.0. The number of amides is 1. The Morgan fingerprint density at radius 3 is 2.44 bits per heavy atom. The standard InChI is InChI=1S/C12H13F4NO/c1-8-7-9(3-4-10(8)13)5-6-17(2)11(18)12(14,15)16/h3-4,7H,5-6H2,1-2H3. The third-order valence-electron chi connectivity index (χ3n) is 2.55. The molecule has 100 valence electrons. The van der Waals surface area contributed by atoms with E-state index in [4.69, 9.17) is 0 Å². The van der Waals surface area contributed by atoms with Gasteiger partial charge in [0.15, 0.2) is 0 Å². The van der Waals surface area contributed by atoms with Crippen molar-refractivity contribution in [1.82, 2.24) is 4.90 Å². The van der Waals surface area contributed by atoms with Gasteiger partial charge in [0.05, 0.1) is 0 Å². The van der Waals surface area contributed by atoms with Crippen molar-refractivity contribution in [2.24, 2.45) is 0 Å². The second-order valence-electron chi connectivity index (χ2n) is 4.06. The number of likely N-dealkylation sites (N-methyl/N-ethyl adjacent to an activating group) is 1. The number of aryl methyl sites for hydroxylation is 1. The minimum absolute atomic E-state index is 0.0661. The Labute approximate surface area is 102 Å². The summed E-state index contributed by atoms with van der Waals surface area (Å²) in [7, 11) is 1.09. The van der Waals surface area contributed by atoms with Crippen molar-refractivity contribution in [3.05, 3.63) is 35.1 Å². The second-order valence-corrected chi connectivity index (χ2v) is 4.06. The lowest BCUT2D eigenvalue weighted by molar-refractivity contribution is -0.184. The number of hydrogen-bond donors (Lipinski definition) is 0. The molecule has 0 aliphatic rings. The normalized spacial score (nSPS) is 11.4. The van der Waals surface area contributed by atoms with Crippen LogP contribution in [0.2, 0.25) is 0 Å². The molecule has 1 rings (SSSR count). The smallest absolute Gasteiger partial charge is 0.338 e. The van der Waals surface area contributed by atoms with Gasteiger partial charge in [0.25, 0.3) is 0 Å². The van der Waals surface area contributed by atoms with Crippen LogP contribution in [0.25, 0.3) is 0 Å². The van der Waals surface area contributed by atoms with Crippen LogP contribution in [-0.4, -0.2) is 30.6 Å². The van der Waals surface area contributed by atoms with E-state index in [-0.39, 0.29) is 18.8 Å². The largest absolute Gasteiger partial charge is 0.471 e. The molecule has 0 saturated carbocycles. The zero-order valence-corrected chi connectivity index (χ0v) is 10.0. The van der Waals surface area contributed by atoms with E-state index in [2.05, 4.69) is 0 Å². The molecule has 0 aromatic heterocycles. The first kappa shape index (κ1) is 14.5. The van der Waals surface area contributed by atoms with Crippen LogP contribution in [0.15, 0.2) is 18.2 Å². The number of carbonyl (C=O) groups is 1. The van der Waals surface area contributed by atoms with E-state index in [0.717, 1.165) is 7.05 Å². The summed E-state index contributed by atoms with van der Waals surface area (Å²) in [5.74, 6) is -2.24. The minimum atomic E-state index is -4.85. The van der Waals surface area contributed by atoms with Gasteiger partial charge in [-0.1, -0.05) is 12.1 Å². The van der Waals surface area contributed by atoms with Crippen molar-refractivity contribution in [2.75, 3.05) is 13.6 Å². The highest BCUT2D eigenvalue weighted by Gasteiger charge is 2.40. The van der Waals surface area contributed by atoms with Crippen LogP contribution in [-0.2, 0) is 11.2 Å². The van der Waals surface area contributed by atoms with Gasteiger partial charge in [0.2, 0.25) is 0 Å². The molecule has 0 aliphatic heterocycles. The third-order valence-corrected chi connectivity index (χ3v) is 2.55. The van der Waals surface area contributed by atoms with Gasteiger partial charge in [-0.3, -0.25) is 4.79 Å². The Bertz CT molecular complexity index is 442. The number of rotatable bonds is 3. The molecule has 0 radical (unpaired) electrons. The number of hydrogen-bond acceptors (Lipinski definition) is 1. The zero-order valence-electron chi connectivity index (χ0n) is 10.0. The maximum atomic E-state index is 13.0. The molecule has 0 fully saturated rings. The Balaban J connectivity index is 2.60. The Hall–Kier alpha value is -1.59. The number of benzene rings is 1. The van der Waals surface area contributed by atoms with Crippen LogP contribution in [0, 0.1) is 12.7 Å². The molecule has 0 aliphatic carbocycles. The predicted molar refractivity (Wildman–Crippen MR) is 58.5 cm³/mol. The summed E-state index contributed by atoms with van der Waals surface area (Å²) >= 11 is 0. The third kappa shape index (κ3) is 3.72. The van der Waals surface area contributed by atoms with E-state index in [1.165, 1.54) is 12.1 Å². The van der Waals surface area contributed by atoms with Gasteiger partial charge in [-0.05, 0) is 30.5 Å². The van der Waals surface area contributed by atoms with E-state index in [9.17, 15) is 22.4 Å². The van der Waals surface area contributed by atoms with Crippen LogP contribution >= 0.6 is 0 Å². The Morgan fingerprint density at radius 1 is 1.33 bits per heavy atom. The maximum Gasteiger partial charge on any atom is 0.471 e. The molecular formula is C12H13F4NO. The highest BCUT2D eigenvalue weighted by molar-refractivity contribution is 5.81. The second kappa shape index (κ2) is 5.37. The molecular weight excluding hydrogens is 250 g/mol. The lowest BCUT2D eigenvalue weighted by Crippen LogP contribution is -2.39. The summed E-state index contributed by atoms with van der Waals surface area (Å²) in [6, 6.07) is 4.31. The number of carbonyl (C=O) groups excluding carboxylic acids is 1. The van der Waals surface area contributed by atoms with Crippen molar-refractivity contribution in [3.8, 4) is 0 Å². The van der Waals surface area contributed by atoms with Gasteiger partial charge in [-0.25, -0.2) is 4.39 Å². The Kier molecular flexibility index (Phi) is 4.32. The van der Waals surface area contributed by atoms with Gasteiger partial charge < -0.3 is 4.90 Å². The summed E-state index contributed by atoms with van der Waals surface area (Å²) in [6.45, 7) is 1.51. The predicted octanol–water partition coefficient (Wildman–Crippen LogP) is 2.70. The average molecular weight is 263 g/mol. The summed E-state index contributed by atoms with van der Waals surface area (Å²) in [6.07, 6.45) is -4.60. The molecule has 0 unspecified atom stereocenters. The fourth-order valence-corrected chi connectivity index (χ4v) is 1.48. The van der Waals surface area contributed by atoms with E-state index < -0.39 is 12.1 Å². The monoisotopic (exact) mass is 263 g/mol. The molecule has 0 bridgehead atoms. The lowest BCUT2D eigenvalue weighted by atomic mass is 10.1. The van der Waals surface area contributed by atoms with Crippen molar-refractivity contribution >= 4 is 5.91 Å². The van der Waals surface area contributed by atoms with Gasteiger partial charge >= 0.3 is 12.1 Å². The van der Waals surface area contributed by atoms with Gasteiger partial charge in [-0.15, -0.1) is 0 Å². The highest BCUT2D eigenvalue weighted by Crippen LogP contribution is 2.18. The fraction of sp³-hybridized carbons (Fsp3) is 0.417. The highest BCUT2D eigenvalue weighted by atomic mass is 19.4.